The van der Waals surface area contributed by atoms with Gasteiger partial charge in [0.25, 0.3) is 5.91 Å². The van der Waals surface area contributed by atoms with E-state index in [1.807, 2.05) is 24.3 Å². The van der Waals surface area contributed by atoms with Crippen LogP contribution in [0.25, 0.3) is 6.08 Å². The Morgan fingerprint density at radius 1 is 1.23 bits per heavy atom. The van der Waals surface area contributed by atoms with Gasteiger partial charge in [0, 0.05) is 15.7 Å². The van der Waals surface area contributed by atoms with Crippen LogP contribution in [0.15, 0.2) is 52.5 Å². The first kappa shape index (κ1) is 14.7. The molecule has 3 rings (SSSR count). The first-order chi connectivity index (χ1) is 10.7. The Labute approximate surface area is 136 Å². The fourth-order valence-electron chi connectivity index (χ4n) is 2.17. The van der Waals surface area contributed by atoms with Gasteiger partial charge in [-0.25, -0.2) is 0 Å². The number of fused-ring (bicyclic) bond motifs is 1. The largest absolute Gasteiger partial charge is 0.497 e. The predicted octanol–water partition coefficient (Wildman–Crippen LogP) is 3.87. The van der Waals surface area contributed by atoms with Crippen LogP contribution in [0.4, 0.5) is 5.69 Å². The Kier molecular flexibility index (Phi) is 4.15. The summed E-state index contributed by atoms with van der Waals surface area (Å²) < 4.78 is 11.7. The van der Waals surface area contributed by atoms with Crippen LogP contribution in [0, 0.1) is 0 Å². The number of hydrogen-bond donors (Lipinski definition) is 1. The molecule has 4 nitrogen and oxygen atoms in total. The number of anilines is 1. The van der Waals surface area contributed by atoms with Crippen molar-refractivity contribution < 1.29 is 14.3 Å². The first-order valence-electron chi connectivity index (χ1n) is 6.74. The van der Waals surface area contributed by atoms with Gasteiger partial charge in [0.05, 0.1) is 12.7 Å². The average Bonchev–Trinajstić information content (AvgIpc) is 2.54. The monoisotopic (exact) mass is 359 g/mol. The van der Waals surface area contributed by atoms with E-state index in [0.29, 0.717) is 11.3 Å². The van der Waals surface area contributed by atoms with Crippen LogP contribution in [0.2, 0.25) is 0 Å². The van der Waals surface area contributed by atoms with Gasteiger partial charge in [0.1, 0.15) is 18.1 Å². The van der Waals surface area contributed by atoms with Crippen LogP contribution in [0.1, 0.15) is 5.56 Å². The van der Waals surface area contributed by atoms with Gasteiger partial charge in [-0.1, -0.05) is 15.9 Å². The van der Waals surface area contributed by atoms with Crippen molar-refractivity contribution >= 4 is 33.6 Å². The van der Waals surface area contributed by atoms with Gasteiger partial charge in [-0.2, -0.15) is 0 Å². The summed E-state index contributed by atoms with van der Waals surface area (Å²) in [5.41, 5.74) is 2.19. The van der Waals surface area contributed by atoms with E-state index >= 15 is 0 Å². The molecule has 0 saturated carbocycles. The third-order valence-electron chi connectivity index (χ3n) is 3.32. The highest BCUT2D eigenvalue weighted by atomic mass is 79.9. The van der Waals surface area contributed by atoms with Crippen molar-refractivity contribution in [3.05, 3.63) is 58.1 Å². The molecule has 2 aromatic rings. The van der Waals surface area contributed by atoms with E-state index in [-0.39, 0.29) is 12.5 Å². The quantitative estimate of drug-likeness (QED) is 0.904. The second-order valence-corrected chi connectivity index (χ2v) is 5.74. The van der Waals surface area contributed by atoms with E-state index < -0.39 is 0 Å². The minimum absolute atomic E-state index is 0.171. The summed E-state index contributed by atoms with van der Waals surface area (Å²) in [6.45, 7) is 0.261. The molecule has 0 atom stereocenters. The predicted molar refractivity (Wildman–Crippen MR) is 89.2 cm³/mol. The number of rotatable bonds is 3. The van der Waals surface area contributed by atoms with Crippen molar-refractivity contribution in [3.63, 3.8) is 0 Å². The van der Waals surface area contributed by atoms with Crippen molar-refractivity contribution in [3.8, 4) is 11.5 Å². The zero-order valence-corrected chi connectivity index (χ0v) is 13.5. The Bertz CT molecular complexity index is 738. The van der Waals surface area contributed by atoms with Crippen molar-refractivity contribution in [2.75, 3.05) is 19.0 Å². The molecule has 1 amide bonds. The minimum Gasteiger partial charge on any atom is -0.497 e. The molecule has 0 unspecified atom stereocenters. The van der Waals surface area contributed by atoms with E-state index in [1.165, 1.54) is 0 Å². The summed E-state index contributed by atoms with van der Waals surface area (Å²) in [4.78, 5) is 12.3. The van der Waals surface area contributed by atoms with Crippen molar-refractivity contribution in [2.45, 2.75) is 0 Å². The number of halogens is 1. The van der Waals surface area contributed by atoms with Crippen molar-refractivity contribution in [1.29, 1.82) is 0 Å². The molecule has 0 radical (unpaired) electrons. The van der Waals surface area contributed by atoms with E-state index in [4.69, 9.17) is 9.47 Å². The number of benzene rings is 2. The fraction of sp³-hybridized carbons (Fsp3) is 0.118. The maximum atomic E-state index is 12.3. The van der Waals surface area contributed by atoms with Gasteiger partial charge in [-0.3, -0.25) is 4.79 Å². The van der Waals surface area contributed by atoms with E-state index in [1.54, 1.807) is 31.4 Å². The molecule has 0 aromatic heterocycles. The summed E-state index contributed by atoms with van der Waals surface area (Å²) >= 11 is 3.42. The molecular formula is C17H14BrNO3. The van der Waals surface area contributed by atoms with Gasteiger partial charge < -0.3 is 14.8 Å². The smallest absolute Gasteiger partial charge is 0.255 e. The molecule has 112 valence electrons. The Balaban J connectivity index is 1.77. The summed E-state index contributed by atoms with van der Waals surface area (Å²) in [6.07, 6.45) is 1.85. The lowest BCUT2D eigenvalue weighted by atomic mass is 10.1. The van der Waals surface area contributed by atoms with Gasteiger partial charge in [0.2, 0.25) is 0 Å². The molecule has 0 bridgehead atoms. The minimum atomic E-state index is -0.171. The van der Waals surface area contributed by atoms with Crippen molar-refractivity contribution in [1.82, 2.24) is 0 Å². The number of hydrogen-bond acceptors (Lipinski definition) is 3. The van der Waals surface area contributed by atoms with E-state index in [0.717, 1.165) is 21.5 Å². The Morgan fingerprint density at radius 3 is 2.73 bits per heavy atom. The number of carbonyl (C=O) groups is 1. The van der Waals surface area contributed by atoms with Gasteiger partial charge in [-0.15, -0.1) is 0 Å². The van der Waals surface area contributed by atoms with Crippen LogP contribution in [0.5, 0.6) is 11.5 Å². The molecular weight excluding hydrogens is 346 g/mol. The number of ether oxygens (including phenoxy) is 2. The highest BCUT2D eigenvalue weighted by Crippen LogP contribution is 2.29. The highest BCUT2D eigenvalue weighted by Gasteiger charge is 2.17. The van der Waals surface area contributed by atoms with E-state index in [2.05, 4.69) is 21.2 Å². The average molecular weight is 360 g/mol. The normalized spacial score (nSPS) is 12.7. The van der Waals surface area contributed by atoms with Gasteiger partial charge in [-0.05, 0) is 48.5 Å². The molecule has 0 saturated heterocycles. The molecule has 22 heavy (non-hydrogen) atoms. The molecule has 1 heterocycles. The number of nitrogens with one attached hydrogen (secondary N) is 1. The molecule has 1 aliphatic rings. The number of methoxy groups -OCH3 is 1. The topological polar surface area (TPSA) is 47.6 Å². The summed E-state index contributed by atoms with van der Waals surface area (Å²) in [5, 5.41) is 2.85. The lowest BCUT2D eigenvalue weighted by Gasteiger charge is -2.18. The third kappa shape index (κ3) is 3.14. The molecule has 0 aliphatic carbocycles. The molecule has 1 aliphatic heterocycles. The molecule has 0 fully saturated rings. The van der Waals surface area contributed by atoms with Crippen LogP contribution in [-0.2, 0) is 4.79 Å². The highest BCUT2D eigenvalue weighted by molar-refractivity contribution is 9.10. The number of carbonyl (C=O) groups excluding carboxylic acids is 1. The summed E-state index contributed by atoms with van der Waals surface area (Å²) in [5.74, 6) is 1.36. The summed E-state index contributed by atoms with van der Waals surface area (Å²) in [6, 6.07) is 12.9. The Hall–Kier alpha value is -2.27. The van der Waals surface area contributed by atoms with Gasteiger partial charge in [0.15, 0.2) is 0 Å². The summed E-state index contributed by atoms with van der Waals surface area (Å²) in [7, 11) is 1.60. The lowest BCUT2D eigenvalue weighted by Crippen LogP contribution is -2.21. The van der Waals surface area contributed by atoms with Crippen LogP contribution in [-0.4, -0.2) is 19.6 Å². The standard InChI is InChI=1S/C17H14BrNO3/c1-21-15-5-3-14(4-6-15)19-17(20)12-8-11-9-13(18)2-7-16(11)22-10-12/h2-9H,10H2,1H3,(H,19,20). The van der Waals surface area contributed by atoms with Crippen molar-refractivity contribution in [2.24, 2.45) is 0 Å². The van der Waals surface area contributed by atoms with Gasteiger partial charge >= 0.3 is 0 Å². The second-order valence-electron chi connectivity index (χ2n) is 4.82. The van der Waals surface area contributed by atoms with Crippen LogP contribution in [0.3, 0.4) is 0 Å². The zero-order chi connectivity index (χ0) is 15.5. The third-order valence-corrected chi connectivity index (χ3v) is 3.82. The molecule has 5 heteroatoms. The van der Waals surface area contributed by atoms with E-state index in [9.17, 15) is 4.79 Å². The molecule has 1 N–H and O–H groups in total. The molecule has 2 aromatic carbocycles. The molecule has 0 spiro atoms. The van der Waals surface area contributed by atoms with Crippen LogP contribution < -0.4 is 14.8 Å². The maximum absolute atomic E-state index is 12.3. The zero-order valence-electron chi connectivity index (χ0n) is 11.9. The van der Waals surface area contributed by atoms with Crippen LogP contribution >= 0.6 is 15.9 Å². The second kappa shape index (κ2) is 6.23. The fourth-order valence-corrected chi connectivity index (χ4v) is 2.54. The first-order valence-corrected chi connectivity index (χ1v) is 7.53. The maximum Gasteiger partial charge on any atom is 0.255 e. The Morgan fingerprint density at radius 2 is 2.00 bits per heavy atom. The SMILES string of the molecule is COc1ccc(NC(=O)C2=Cc3cc(Br)ccc3OC2)cc1. The number of amides is 1. The lowest BCUT2D eigenvalue weighted by molar-refractivity contribution is -0.113.